The third-order valence-electron chi connectivity index (χ3n) is 3.35. The second-order valence-electron chi connectivity index (χ2n) is 4.73. The van der Waals surface area contributed by atoms with E-state index in [2.05, 4.69) is 38.4 Å². The molecule has 0 aliphatic rings. The summed E-state index contributed by atoms with van der Waals surface area (Å²) in [5.74, 6) is 0.911. The lowest BCUT2D eigenvalue weighted by molar-refractivity contribution is 0.406. The highest BCUT2D eigenvalue weighted by Gasteiger charge is 2.13. The summed E-state index contributed by atoms with van der Waals surface area (Å²) < 4.78 is 6.50. The highest BCUT2D eigenvalue weighted by Crippen LogP contribution is 2.27. The third-order valence-corrected chi connectivity index (χ3v) is 3.84. The van der Waals surface area contributed by atoms with Gasteiger partial charge in [0.1, 0.15) is 5.75 Å². The first-order valence-electron chi connectivity index (χ1n) is 6.56. The molecule has 0 saturated heterocycles. The topological polar surface area (TPSA) is 34.1 Å². The Balaban J connectivity index is 2.26. The molecule has 1 aromatic heterocycles. The van der Waals surface area contributed by atoms with Gasteiger partial charge in [-0.25, -0.2) is 0 Å². The van der Waals surface area contributed by atoms with Crippen molar-refractivity contribution >= 4 is 15.9 Å². The summed E-state index contributed by atoms with van der Waals surface area (Å²) in [7, 11) is 3.67. The van der Waals surface area contributed by atoms with E-state index in [9.17, 15) is 0 Å². The van der Waals surface area contributed by atoms with Gasteiger partial charge in [0.05, 0.1) is 7.11 Å². The summed E-state index contributed by atoms with van der Waals surface area (Å²) in [4.78, 5) is 4.37. The summed E-state index contributed by atoms with van der Waals surface area (Å²) in [5, 5.41) is 3.35. The van der Waals surface area contributed by atoms with Crippen molar-refractivity contribution in [3.05, 3.63) is 57.8 Å². The van der Waals surface area contributed by atoms with Crippen molar-refractivity contribution in [3.63, 3.8) is 0 Å². The highest BCUT2D eigenvalue weighted by molar-refractivity contribution is 9.10. The van der Waals surface area contributed by atoms with Gasteiger partial charge >= 0.3 is 0 Å². The van der Waals surface area contributed by atoms with E-state index >= 15 is 0 Å². The number of aryl methyl sites for hydroxylation is 1. The number of hydrogen-bond donors (Lipinski definition) is 1. The first kappa shape index (κ1) is 15.0. The van der Waals surface area contributed by atoms with Crippen LogP contribution in [0.2, 0.25) is 0 Å². The number of methoxy groups -OCH3 is 1. The van der Waals surface area contributed by atoms with Gasteiger partial charge in [-0.05, 0) is 55.8 Å². The molecule has 20 heavy (non-hydrogen) atoms. The van der Waals surface area contributed by atoms with Crippen LogP contribution in [0.5, 0.6) is 5.75 Å². The minimum absolute atomic E-state index is 0.214. The molecule has 1 atom stereocenters. The Morgan fingerprint density at radius 2 is 2.10 bits per heavy atom. The van der Waals surface area contributed by atoms with Gasteiger partial charge in [-0.2, -0.15) is 0 Å². The lowest BCUT2D eigenvalue weighted by atomic mass is 9.99. The molecule has 1 aromatic carbocycles. The van der Waals surface area contributed by atoms with Crippen molar-refractivity contribution < 1.29 is 4.74 Å². The fraction of sp³-hybridized carbons (Fsp3) is 0.312. The zero-order valence-electron chi connectivity index (χ0n) is 12.0. The van der Waals surface area contributed by atoms with Crippen LogP contribution in [0.4, 0.5) is 0 Å². The maximum Gasteiger partial charge on any atom is 0.122 e. The van der Waals surface area contributed by atoms with Gasteiger partial charge < -0.3 is 10.1 Å². The van der Waals surface area contributed by atoms with E-state index in [0.29, 0.717) is 0 Å². The number of ether oxygens (including phenoxy) is 1. The van der Waals surface area contributed by atoms with Crippen LogP contribution in [0, 0.1) is 6.92 Å². The Hall–Kier alpha value is -1.39. The molecule has 1 N–H and O–H groups in total. The van der Waals surface area contributed by atoms with Crippen LogP contribution in [-0.4, -0.2) is 19.1 Å². The normalized spacial score (nSPS) is 12.2. The summed E-state index contributed by atoms with van der Waals surface area (Å²) in [6, 6.07) is 10.5. The molecular formula is C16H19BrN2O. The van der Waals surface area contributed by atoms with Gasteiger partial charge in [-0.1, -0.05) is 22.0 Å². The van der Waals surface area contributed by atoms with Crippen LogP contribution in [0.3, 0.4) is 0 Å². The van der Waals surface area contributed by atoms with Crippen molar-refractivity contribution in [1.29, 1.82) is 0 Å². The molecule has 0 aliphatic heterocycles. The lowest BCUT2D eigenvalue weighted by Crippen LogP contribution is -2.19. The third kappa shape index (κ3) is 3.58. The fourth-order valence-corrected chi connectivity index (χ4v) is 2.61. The lowest BCUT2D eigenvalue weighted by Gasteiger charge is -2.18. The van der Waals surface area contributed by atoms with Crippen molar-refractivity contribution in [2.75, 3.05) is 14.2 Å². The number of nitrogens with one attached hydrogen (secondary N) is 1. The van der Waals surface area contributed by atoms with E-state index in [-0.39, 0.29) is 6.04 Å². The van der Waals surface area contributed by atoms with Crippen LogP contribution in [0.25, 0.3) is 0 Å². The quantitative estimate of drug-likeness (QED) is 0.905. The maximum atomic E-state index is 5.44. The molecule has 0 radical (unpaired) electrons. The molecule has 0 fully saturated rings. The van der Waals surface area contributed by atoms with Crippen molar-refractivity contribution in [3.8, 4) is 5.75 Å². The average molecular weight is 335 g/mol. The molecule has 0 bridgehead atoms. The van der Waals surface area contributed by atoms with Crippen molar-refractivity contribution in [1.82, 2.24) is 10.3 Å². The molecule has 0 saturated carbocycles. The highest BCUT2D eigenvalue weighted by atomic mass is 79.9. The Labute approximate surface area is 128 Å². The van der Waals surface area contributed by atoms with Gasteiger partial charge in [0, 0.05) is 22.4 Å². The van der Waals surface area contributed by atoms with E-state index in [4.69, 9.17) is 4.74 Å². The fourth-order valence-electron chi connectivity index (χ4n) is 2.20. The number of halogens is 1. The average Bonchev–Trinajstić information content (AvgIpc) is 2.46. The van der Waals surface area contributed by atoms with E-state index in [1.54, 1.807) is 7.11 Å². The van der Waals surface area contributed by atoms with Crippen LogP contribution >= 0.6 is 15.9 Å². The predicted molar refractivity (Wildman–Crippen MR) is 85.2 cm³/mol. The van der Waals surface area contributed by atoms with E-state index in [1.807, 2.05) is 38.4 Å². The molecule has 2 rings (SSSR count). The molecule has 3 nitrogen and oxygen atoms in total. The van der Waals surface area contributed by atoms with Crippen LogP contribution < -0.4 is 10.1 Å². The number of rotatable bonds is 5. The summed E-state index contributed by atoms with van der Waals surface area (Å²) in [6.07, 6.45) is 2.78. The number of hydrogen-bond acceptors (Lipinski definition) is 3. The van der Waals surface area contributed by atoms with E-state index < -0.39 is 0 Å². The number of benzene rings is 1. The van der Waals surface area contributed by atoms with E-state index in [0.717, 1.165) is 22.3 Å². The molecule has 0 amide bonds. The SMILES string of the molecule is CNC(Cc1cc(Br)ccc1OC)c1ccc(C)nc1. The number of nitrogens with zero attached hydrogens (tertiary/aromatic N) is 1. The minimum Gasteiger partial charge on any atom is -0.496 e. The first-order valence-corrected chi connectivity index (χ1v) is 7.35. The Bertz CT molecular complexity index is 569. The molecule has 1 unspecified atom stereocenters. The van der Waals surface area contributed by atoms with Crippen LogP contribution in [0.15, 0.2) is 41.0 Å². The molecule has 0 aliphatic carbocycles. The van der Waals surface area contributed by atoms with Crippen molar-refractivity contribution in [2.24, 2.45) is 0 Å². The van der Waals surface area contributed by atoms with Crippen molar-refractivity contribution in [2.45, 2.75) is 19.4 Å². The molecule has 0 spiro atoms. The predicted octanol–water partition coefficient (Wildman–Crippen LogP) is 3.66. The largest absolute Gasteiger partial charge is 0.496 e. The van der Waals surface area contributed by atoms with Gasteiger partial charge in [-0.15, -0.1) is 0 Å². The first-order chi connectivity index (χ1) is 9.63. The Morgan fingerprint density at radius 1 is 1.30 bits per heavy atom. The second kappa shape index (κ2) is 6.86. The summed E-state index contributed by atoms with van der Waals surface area (Å²) in [6.45, 7) is 2.00. The number of aromatic nitrogens is 1. The molecular weight excluding hydrogens is 316 g/mol. The Morgan fingerprint density at radius 3 is 2.70 bits per heavy atom. The van der Waals surface area contributed by atoms with Gasteiger partial charge in [0.2, 0.25) is 0 Å². The maximum absolute atomic E-state index is 5.44. The van der Waals surface area contributed by atoms with Gasteiger partial charge in [-0.3, -0.25) is 4.98 Å². The standard InChI is InChI=1S/C16H19BrN2O/c1-11-4-5-12(10-19-11)15(18-2)9-13-8-14(17)6-7-16(13)20-3/h4-8,10,15,18H,9H2,1-3H3. The Kier molecular flexibility index (Phi) is 5.15. The zero-order chi connectivity index (χ0) is 14.5. The van der Waals surface area contributed by atoms with Crippen LogP contribution in [0.1, 0.15) is 22.9 Å². The summed E-state index contributed by atoms with van der Waals surface area (Å²) in [5.41, 5.74) is 3.38. The number of likely N-dealkylation sites (N-methyl/N-ethyl adjacent to an activating group) is 1. The number of pyridine rings is 1. The molecule has 1 heterocycles. The second-order valence-corrected chi connectivity index (χ2v) is 5.65. The smallest absolute Gasteiger partial charge is 0.122 e. The van der Waals surface area contributed by atoms with Crippen LogP contribution in [-0.2, 0) is 6.42 Å². The monoisotopic (exact) mass is 334 g/mol. The van der Waals surface area contributed by atoms with E-state index in [1.165, 1.54) is 11.1 Å². The minimum atomic E-state index is 0.214. The van der Waals surface area contributed by atoms with Gasteiger partial charge in [0.25, 0.3) is 0 Å². The molecule has 4 heteroatoms. The molecule has 106 valence electrons. The summed E-state index contributed by atoms with van der Waals surface area (Å²) >= 11 is 3.51. The zero-order valence-corrected chi connectivity index (χ0v) is 13.6. The van der Waals surface area contributed by atoms with Gasteiger partial charge in [0.15, 0.2) is 0 Å². The molecule has 2 aromatic rings.